The van der Waals surface area contributed by atoms with Crippen molar-refractivity contribution in [1.82, 2.24) is 0 Å². The minimum atomic E-state index is -1.05. The van der Waals surface area contributed by atoms with E-state index in [1.807, 2.05) is 48.5 Å². The Morgan fingerprint density at radius 1 is 1.09 bits per heavy atom. The molecule has 0 heterocycles. The molecule has 0 radical (unpaired) electrons. The van der Waals surface area contributed by atoms with Gasteiger partial charge in [0.2, 0.25) is 5.91 Å². The van der Waals surface area contributed by atoms with Gasteiger partial charge >= 0.3 is 0 Å². The lowest BCUT2D eigenvalue weighted by Crippen LogP contribution is -2.45. The van der Waals surface area contributed by atoms with Gasteiger partial charge in [-0.25, -0.2) is 0 Å². The van der Waals surface area contributed by atoms with Crippen LogP contribution in [0.5, 0.6) is 0 Å². The second-order valence-electron chi connectivity index (χ2n) is 5.74. The van der Waals surface area contributed by atoms with Gasteiger partial charge in [0.25, 0.3) is 0 Å². The molecule has 0 unspecified atom stereocenters. The number of hydrogen-bond acceptors (Lipinski definition) is 2. The Kier molecular flexibility index (Phi) is 4.12. The first-order chi connectivity index (χ1) is 10.6. The van der Waals surface area contributed by atoms with Crippen LogP contribution in [0.3, 0.4) is 0 Å². The number of rotatable bonds is 4. The summed E-state index contributed by atoms with van der Waals surface area (Å²) in [6.07, 6.45) is 4.46. The quantitative estimate of drug-likeness (QED) is 0.939. The zero-order valence-electron chi connectivity index (χ0n) is 12.5. The average Bonchev–Trinajstić information content (AvgIpc) is 2.47. The minimum absolute atomic E-state index is 0.0315. The Balaban J connectivity index is 1.84. The maximum absolute atomic E-state index is 12.8. The molecule has 2 aromatic carbocycles. The van der Waals surface area contributed by atoms with Crippen LogP contribution < -0.4 is 5.32 Å². The van der Waals surface area contributed by atoms with E-state index < -0.39 is 16.2 Å². The van der Waals surface area contributed by atoms with E-state index in [1.165, 1.54) is 0 Å². The second-order valence-corrected chi connectivity index (χ2v) is 7.12. The van der Waals surface area contributed by atoms with Crippen LogP contribution in [0.2, 0.25) is 0 Å². The highest BCUT2D eigenvalue weighted by Crippen LogP contribution is 2.44. The van der Waals surface area contributed by atoms with Gasteiger partial charge in [-0.1, -0.05) is 42.8 Å². The highest BCUT2D eigenvalue weighted by Gasteiger charge is 2.45. The number of benzene rings is 2. The van der Waals surface area contributed by atoms with Gasteiger partial charge in [0.15, 0.2) is 0 Å². The molecule has 0 saturated heterocycles. The van der Waals surface area contributed by atoms with E-state index in [2.05, 4.69) is 5.32 Å². The maximum atomic E-state index is 12.8. The third-order valence-electron chi connectivity index (χ3n) is 4.39. The second kappa shape index (κ2) is 6.05. The Hall–Kier alpha value is -1.94. The predicted molar refractivity (Wildman–Crippen MR) is 89.4 cm³/mol. The third kappa shape index (κ3) is 2.71. The molecule has 1 aliphatic carbocycles. The van der Waals surface area contributed by atoms with Gasteiger partial charge in [-0.15, -0.1) is 0 Å². The monoisotopic (exact) mass is 313 g/mol. The fourth-order valence-corrected chi connectivity index (χ4v) is 3.50. The molecule has 0 bridgehead atoms. The molecule has 1 fully saturated rings. The molecular weight excluding hydrogens is 294 g/mol. The molecule has 1 amide bonds. The smallest absolute Gasteiger partial charge is 0.235 e. The van der Waals surface area contributed by atoms with Crippen LogP contribution in [0.25, 0.3) is 0 Å². The van der Waals surface area contributed by atoms with Crippen molar-refractivity contribution in [1.29, 1.82) is 0 Å². The van der Waals surface area contributed by atoms with Gasteiger partial charge in [-0.3, -0.25) is 9.00 Å². The lowest BCUT2D eigenvalue weighted by Gasteiger charge is -2.40. The molecule has 1 aliphatic rings. The summed E-state index contributed by atoms with van der Waals surface area (Å²) in [5.41, 5.74) is 1.37. The summed E-state index contributed by atoms with van der Waals surface area (Å²) in [6.45, 7) is 0. The number of amides is 1. The first-order valence-corrected chi connectivity index (χ1v) is 8.98. The van der Waals surface area contributed by atoms with Gasteiger partial charge in [-0.2, -0.15) is 0 Å². The van der Waals surface area contributed by atoms with Gasteiger partial charge in [0.1, 0.15) is 0 Å². The van der Waals surface area contributed by atoms with Crippen LogP contribution in [-0.4, -0.2) is 16.4 Å². The van der Waals surface area contributed by atoms with E-state index in [-0.39, 0.29) is 5.91 Å². The van der Waals surface area contributed by atoms with Crippen LogP contribution in [0, 0.1) is 0 Å². The molecule has 0 aliphatic heterocycles. The zero-order chi connectivity index (χ0) is 15.6. The van der Waals surface area contributed by atoms with Gasteiger partial charge in [0, 0.05) is 27.6 Å². The van der Waals surface area contributed by atoms with Crippen LogP contribution >= 0.6 is 0 Å². The van der Waals surface area contributed by atoms with E-state index in [4.69, 9.17) is 0 Å². The fraction of sp³-hybridized carbons (Fsp3) is 0.278. The summed E-state index contributed by atoms with van der Waals surface area (Å²) < 4.78 is 11.6. The van der Waals surface area contributed by atoms with Crippen LogP contribution in [0.4, 0.5) is 5.69 Å². The van der Waals surface area contributed by atoms with Crippen molar-refractivity contribution in [2.45, 2.75) is 29.6 Å². The SMILES string of the molecule is C[S@@](=O)c1cccc(NC(=O)C2(c3ccccc3)CCC2)c1. The van der Waals surface area contributed by atoms with Crippen molar-refractivity contribution in [3.05, 3.63) is 60.2 Å². The van der Waals surface area contributed by atoms with Crippen molar-refractivity contribution in [3.8, 4) is 0 Å². The molecule has 0 aromatic heterocycles. The number of anilines is 1. The van der Waals surface area contributed by atoms with E-state index in [0.717, 1.165) is 29.7 Å². The first-order valence-electron chi connectivity index (χ1n) is 7.42. The summed E-state index contributed by atoms with van der Waals surface area (Å²) in [6, 6.07) is 17.2. The molecule has 1 N–H and O–H groups in total. The van der Waals surface area contributed by atoms with Crippen molar-refractivity contribution in [3.63, 3.8) is 0 Å². The van der Waals surface area contributed by atoms with Gasteiger partial charge < -0.3 is 5.32 Å². The lowest BCUT2D eigenvalue weighted by molar-refractivity contribution is -0.124. The van der Waals surface area contributed by atoms with Crippen molar-refractivity contribution in [2.24, 2.45) is 0 Å². The molecule has 2 aromatic rings. The minimum Gasteiger partial charge on any atom is -0.325 e. The molecule has 4 heteroatoms. The first kappa shape index (κ1) is 15.0. The lowest BCUT2D eigenvalue weighted by atomic mass is 9.64. The van der Waals surface area contributed by atoms with Crippen molar-refractivity contribution >= 4 is 22.4 Å². The standard InChI is InChI=1S/C18H19NO2S/c1-22(21)16-10-5-9-15(13-16)19-17(20)18(11-6-12-18)14-7-3-2-4-8-14/h2-5,7-10,13H,6,11-12H2,1H3,(H,19,20)/t22-/m1/s1. The number of hydrogen-bond donors (Lipinski definition) is 1. The predicted octanol–water partition coefficient (Wildman–Crippen LogP) is 3.48. The molecule has 0 spiro atoms. The fourth-order valence-electron chi connectivity index (χ4n) is 2.94. The molecule has 1 atom stereocenters. The van der Waals surface area contributed by atoms with E-state index in [9.17, 15) is 9.00 Å². The van der Waals surface area contributed by atoms with Gasteiger partial charge in [-0.05, 0) is 36.6 Å². The summed E-state index contributed by atoms with van der Waals surface area (Å²) in [4.78, 5) is 13.5. The largest absolute Gasteiger partial charge is 0.325 e. The highest BCUT2D eigenvalue weighted by atomic mass is 32.2. The van der Waals surface area contributed by atoms with Crippen LogP contribution in [-0.2, 0) is 21.0 Å². The van der Waals surface area contributed by atoms with Gasteiger partial charge in [0.05, 0.1) is 5.41 Å². The van der Waals surface area contributed by atoms with E-state index in [0.29, 0.717) is 5.69 Å². The summed E-state index contributed by atoms with van der Waals surface area (Å²) in [5.74, 6) is 0.0315. The maximum Gasteiger partial charge on any atom is 0.235 e. The molecule has 114 valence electrons. The van der Waals surface area contributed by atoms with Crippen LogP contribution in [0.1, 0.15) is 24.8 Å². The summed E-state index contributed by atoms with van der Waals surface area (Å²) >= 11 is 0. The van der Waals surface area contributed by atoms with E-state index >= 15 is 0 Å². The number of carbonyl (C=O) groups excluding carboxylic acids is 1. The summed E-state index contributed by atoms with van der Waals surface area (Å²) in [7, 11) is -1.05. The number of nitrogens with one attached hydrogen (secondary N) is 1. The molecule has 22 heavy (non-hydrogen) atoms. The van der Waals surface area contributed by atoms with E-state index in [1.54, 1.807) is 12.3 Å². The number of carbonyl (C=O) groups is 1. The average molecular weight is 313 g/mol. The Morgan fingerprint density at radius 2 is 1.82 bits per heavy atom. The Bertz CT molecular complexity index is 708. The highest BCUT2D eigenvalue weighted by molar-refractivity contribution is 7.84. The Labute approximate surface area is 133 Å². The molecule has 3 rings (SSSR count). The van der Waals surface area contributed by atoms with Crippen LogP contribution in [0.15, 0.2) is 59.5 Å². The topological polar surface area (TPSA) is 46.2 Å². The van der Waals surface area contributed by atoms with Crippen molar-refractivity contribution < 1.29 is 9.00 Å². The molecule has 3 nitrogen and oxygen atoms in total. The third-order valence-corrected chi connectivity index (χ3v) is 5.31. The van der Waals surface area contributed by atoms with Crippen molar-refractivity contribution in [2.75, 3.05) is 11.6 Å². The summed E-state index contributed by atoms with van der Waals surface area (Å²) in [5, 5.41) is 3.01. The molecular formula is C18H19NO2S. The molecule has 1 saturated carbocycles. The zero-order valence-corrected chi connectivity index (χ0v) is 13.4. The normalized spacial score (nSPS) is 17.3. The Morgan fingerprint density at radius 3 is 2.41 bits per heavy atom.